The quantitative estimate of drug-likeness (QED) is 0.325. The van der Waals surface area contributed by atoms with Gasteiger partial charge >= 0.3 is 0 Å². The zero-order valence-electron chi connectivity index (χ0n) is 18.5. The molecule has 13 heteroatoms. The third kappa shape index (κ3) is 6.85. The van der Waals surface area contributed by atoms with Gasteiger partial charge in [0.25, 0.3) is 9.70 Å². The molecular weight excluding hydrogens is 537 g/mol. The number of anilines is 1. The van der Waals surface area contributed by atoms with E-state index in [1.165, 1.54) is 11.8 Å². The van der Waals surface area contributed by atoms with E-state index in [-0.39, 0.29) is 18.8 Å². The Labute approximate surface area is 221 Å². The van der Waals surface area contributed by atoms with Crippen molar-refractivity contribution in [2.45, 2.75) is 40.5 Å². The normalized spacial score (nSPS) is 20.5. The molecule has 2 N–H and O–H groups in total. The molecule has 2 heterocycles. The molecule has 1 aliphatic rings. The van der Waals surface area contributed by atoms with Gasteiger partial charge in [0.15, 0.2) is 6.29 Å². The molecule has 0 radical (unpaired) electrons. The summed E-state index contributed by atoms with van der Waals surface area (Å²) in [6, 6.07) is 14.6. The van der Waals surface area contributed by atoms with E-state index in [9.17, 15) is 9.90 Å². The van der Waals surface area contributed by atoms with Gasteiger partial charge in [-0.15, -0.1) is 5.10 Å². The summed E-state index contributed by atoms with van der Waals surface area (Å²) in [4.78, 5) is 11.9. The number of amides is 1. The Hall–Kier alpha value is -1.92. The number of carbonyl (C=O) groups excluding carboxylic acids is 1. The molecule has 0 saturated carbocycles. The van der Waals surface area contributed by atoms with Crippen molar-refractivity contribution in [2.24, 2.45) is 7.05 Å². The topological polar surface area (TPSA) is 111 Å². The van der Waals surface area contributed by atoms with Crippen LogP contribution in [0.5, 0.6) is 0 Å². The second kappa shape index (κ2) is 11.4. The highest BCUT2D eigenvalue weighted by Crippen LogP contribution is 2.39. The standard InChI is InChI=1S/C22H22Cl3N5O4S/c1-30-21(27-28-29-30)35-12-17-10-18(14-4-2-13(11-31)3-5-14)34-19(33-17)15-6-8-16(9-7-15)26-20(32)22(23,24)25/h2-9,17-19,31H,10-12H2,1H3,(H,26,32)/t17-,18+,19+/m0/s1. The van der Waals surface area contributed by atoms with Crippen molar-refractivity contribution in [2.75, 3.05) is 11.1 Å². The summed E-state index contributed by atoms with van der Waals surface area (Å²) in [5.74, 6) is -0.126. The summed E-state index contributed by atoms with van der Waals surface area (Å²) >= 11 is 18.4. The molecule has 3 atom stereocenters. The number of halogens is 3. The van der Waals surface area contributed by atoms with Crippen molar-refractivity contribution in [1.82, 2.24) is 20.2 Å². The van der Waals surface area contributed by atoms with Gasteiger partial charge in [0, 0.05) is 30.5 Å². The average Bonchev–Trinajstić information content (AvgIpc) is 3.27. The number of benzene rings is 2. The first-order chi connectivity index (χ1) is 16.7. The number of hydrogen-bond acceptors (Lipinski definition) is 8. The van der Waals surface area contributed by atoms with Crippen LogP contribution >= 0.6 is 46.6 Å². The number of tetrazole rings is 1. The molecule has 1 aromatic heterocycles. The van der Waals surface area contributed by atoms with Crippen LogP contribution in [-0.4, -0.2) is 46.9 Å². The van der Waals surface area contributed by atoms with Crippen LogP contribution in [0, 0.1) is 0 Å². The summed E-state index contributed by atoms with van der Waals surface area (Å²) < 4.78 is 12.1. The Morgan fingerprint density at radius 3 is 2.43 bits per heavy atom. The minimum absolute atomic E-state index is 0.0241. The lowest BCUT2D eigenvalue weighted by molar-refractivity contribution is -0.245. The van der Waals surface area contributed by atoms with Crippen LogP contribution in [0.1, 0.15) is 35.5 Å². The van der Waals surface area contributed by atoms with E-state index in [1.54, 1.807) is 36.0 Å². The fourth-order valence-electron chi connectivity index (χ4n) is 3.46. The molecule has 0 spiro atoms. The van der Waals surface area contributed by atoms with Crippen LogP contribution in [0.2, 0.25) is 0 Å². The maximum absolute atomic E-state index is 11.9. The molecule has 9 nitrogen and oxygen atoms in total. The van der Waals surface area contributed by atoms with Crippen molar-refractivity contribution in [1.29, 1.82) is 0 Å². The van der Waals surface area contributed by atoms with Crippen molar-refractivity contribution in [3.8, 4) is 0 Å². The number of alkyl halides is 3. The number of aryl methyl sites for hydroxylation is 1. The van der Waals surface area contributed by atoms with Crippen LogP contribution < -0.4 is 5.32 Å². The highest BCUT2D eigenvalue weighted by molar-refractivity contribution is 7.99. The lowest BCUT2D eigenvalue weighted by Gasteiger charge is -2.36. The number of nitrogens with zero attached hydrogens (tertiary/aromatic N) is 4. The van der Waals surface area contributed by atoms with Crippen molar-refractivity contribution < 1.29 is 19.4 Å². The molecule has 0 bridgehead atoms. The summed E-state index contributed by atoms with van der Waals surface area (Å²) in [7, 11) is 1.78. The van der Waals surface area contributed by atoms with Gasteiger partial charge < -0.3 is 19.9 Å². The fourth-order valence-corrected chi connectivity index (χ4v) is 4.47. The predicted octanol–water partition coefficient (Wildman–Crippen LogP) is 4.35. The number of thioether (sulfide) groups is 1. The molecule has 0 aliphatic carbocycles. The number of aromatic nitrogens is 4. The largest absolute Gasteiger partial charge is 0.392 e. The second-order valence-electron chi connectivity index (χ2n) is 7.82. The van der Waals surface area contributed by atoms with E-state index in [1.807, 2.05) is 24.3 Å². The Bertz CT molecular complexity index is 1140. The van der Waals surface area contributed by atoms with Gasteiger partial charge in [-0.05, 0) is 33.7 Å². The van der Waals surface area contributed by atoms with Crippen LogP contribution in [0.25, 0.3) is 0 Å². The number of rotatable bonds is 7. The third-order valence-electron chi connectivity index (χ3n) is 5.29. The Morgan fingerprint density at radius 1 is 1.14 bits per heavy atom. The van der Waals surface area contributed by atoms with Gasteiger partial charge in [-0.1, -0.05) is 83.0 Å². The number of aliphatic hydroxyl groups is 1. The molecule has 35 heavy (non-hydrogen) atoms. The number of aliphatic hydroxyl groups excluding tert-OH is 1. The predicted molar refractivity (Wildman–Crippen MR) is 133 cm³/mol. The SMILES string of the molecule is Cn1nnnc1SC[C@@H]1C[C@H](c2ccc(CO)cc2)O[C@H](c2ccc(NC(=O)C(Cl)(Cl)Cl)cc2)O1. The maximum Gasteiger partial charge on any atom is 0.276 e. The minimum atomic E-state index is -2.06. The van der Waals surface area contributed by atoms with E-state index in [0.29, 0.717) is 23.0 Å². The van der Waals surface area contributed by atoms with E-state index >= 15 is 0 Å². The summed E-state index contributed by atoms with van der Waals surface area (Å²) in [6.45, 7) is -0.0241. The lowest BCUT2D eigenvalue weighted by Crippen LogP contribution is -2.31. The zero-order chi connectivity index (χ0) is 25.0. The first kappa shape index (κ1) is 26.2. The molecule has 0 unspecified atom stereocenters. The zero-order valence-corrected chi connectivity index (χ0v) is 21.6. The summed E-state index contributed by atoms with van der Waals surface area (Å²) in [6.07, 6.45) is -0.396. The second-order valence-corrected chi connectivity index (χ2v) is 11.1. The molecule has 1 amide bonds. The number of hydrogen-bond donors (Lipinski definition) is 2. The summed E-state index contributed by atoms with van der Waals surface area (Å²) in [5, 5.41) is 24.1. The van der Waals surface area contributed by atoms with Gasteiger partial charge in [-0.3, -0.25) is 4.79 Å². The fraction of sp³-hybridized carbons (Fsp3) is 0.364. The van der Waals surface area contributed by atoms with Crippen LogP contribution in [0.15, 0.2) is 53.7 Å². The molecule has 3 aromatic rings. The van der Waals surface area contributed by atoms with Crippen molar-refractivity contribution >= 4 is 58.2 Å². The van der Waals surface area contributed by atoms with E-state index in [0.717, 1.165) is 16.7 Å². The van der Waals surface area contributed by atoms with Gasteiger partial charge in [-0.2, -0.15) is 0 Å². The van der Waals surface area contributed by atoms with Gasteiger partial charge in [0.05, 0.1) is 18.8 Å². The molecular formula is C22H22Cl3N5O4S. The number of ether oxygens (including phenoxy) is 2. The summed E-state index contributed by atoms with van der Waals surface area (Å²) in [5.41, 5.74) is 3.05. The average molecular weight is 559 g/mol. The molecule has 1 aliphatic heterocycles. The van der Waals surface area contributed by atoms with Crippen LogP contribution in [-0.2, 0) is 27.9 Å². The van der Waals surface area contributed by atoms with E-state index < -0.39 is 16.0 Å². The maximum atomic E-state index is 11.9. The van der Waals surface area contributed by atoms with Crippen molar-refractivity contribution in [3.63, 3.8) is 0 Å². The van der Waals surface area contributed by atoms with E-state index in [2.05, 4.69) is 20.8 Å². The van der Waals surface area contributed by atoms with E-state index in [4.69, 9.17) is 44.3 Å². The third-order valence-corrected chi connectivity index (χ3v) is 6.95. The van der Waals surface area contributed by atoms with Gasteiger partial charge in [-0.25, -0.2) is 4.68 Å². The van der Waals surface area contributed by atoms with Gasteiger partial charge in [0.2, 0.25) is 5.16 Å². The monoisotopic (exact) mass is 557 g/mol. The van der Waals surface area contributed by atoms with Crippen LogP contribution in [0.3, 0.4) is 0 Å². The Kier molecular flexibility index (Phi) is 8.54. The molecule has 4 rings (SSSR count). The Morgan fingerprint density at radius 2 is 1.83 bits per heavy atom. The first-order valence-corrected chi connectivity index (χ1v) is 12.7. The highest BCUT2D eigenvalue weighted by atomic mass is 35.6. The Balaban J connectivity index is 1.51. The van der Waals surface area contributed by atoms with Gasteiger partial charge in [0.1, 0.15) is 0 Å². The highest BCUT2D eigenvalue weighted by Gasteiger charge is 2.33. The van der Waals surface area contributed by atoms with Crippen LogP contribution in [0.4, 0.5) is 5.69 Å². The molecule has 1 saturated heterocycles. The number of carbonyl (C=O) groups is 1. The molecule has 1 fully saturated rings. The van der Waals surface area contributed by atoms with Crippen molar-refractivity contribution in [3.05, 3.63) is 65.2 Å². The molecule has 186 valence electrons. The lowest BCUT2D eigenvalue weighted by atomic mass is 10.0. The number of nitrogens with one attached hydrogen (secondary N) is 1. The smallest absolute Gasteiger partial charge is 0.276 e. The molecule has 2 aromatic carbocycles. The minimum Gasteiger partial charge on any atom is -0.392 e. The first-order valence-electron chi connectivity index (χ1n) is 10.6.